The van der Waals surface area contributed by atoms with E-state index in [1.807, 2.05) is 18.2 Å². The Morgan fingerprint density at radius 3 is 2.95 bits per heavy atom. The summed E-state index contributed by atoms with van der Waals surface area (Å²) in [5.41, 5.74) is 2.20. The molecule has 3 nitrogen and oxygen atoms in total. The second-order valence-electron chi connectivity index (χ2n) is 5.78. The van der Waals surface area contributed by atoms with E-state index in [0.29, 0.717) is 17.7 Å². The summed E-state index contributed by atoms with van der Waals surface area (Å²) in [6.45, 7) is 4.18. The largest absolute Gasteiger partial charge is 0.353 e. The lowest BCUT2D eigenvalue weighted by Crippen LogP contribution is -2.35. The SMILES string of the molecule is Cc1cc(SCC(=O)N[C@H](C)C2CC2)nc2ccccc12. The van der Waals surface area contributed by atoms with E-state index in [-0.39, 0.29) is 5.91 Å². The molecule has 1 saturated carbocycles. The summed E-state index contributed by atoms with van der Waals surface area (Å²) in [6.07, 6.45) is 2.50. The number of nitrogens with zero attached hydrogens (tertiary/aromatic N) is 1. The molecule has 1 aromatic heterocycles. The Balaban J connectivity index is 1.63. The van der Waals surface area contributed by atoms with Crippen LogP contribution in [-0.4, -0.2) is 22.7 Å². The highest BCUT2D eigenvalue weighted by atomic mass is 32.2. The fourth-order valence-corrected chi connectivity index (χ4v) is 3.33. The van der Waals surface area contributed by atoms with Gasteiger partial charge in [-0.15, -0.1) is 0 Å². The molecule has 1 N–H and O–H groups in total. The van der Waals surface area contributed by atoms with Gasteiger partial charge in [-0.05, 0) is 50.3 Å². The van der Waals surface area contributed by atoms with Crippen LogP contribution in [0, 0.1) is 12.8 Å². The maximum absolute atomic E-state index is 11.9. The van der Waals surface area contributed by atoms with Gasteiger partial charge in [0.2, 0.25) is 5.91 Å². The number of aryl methyl sites for hydroxylation is 1. The monoisotopic (exact) mass is 300 g/mol. The second-order valence-corrected chi connectivity index (χ2v) is 6.77. The first-order chi connectivity index (χ1) is 10.1. The number of benzene rings is 1. The average Bonchev–Trinajstić information content (AvgIpc) is 3.30. The molecule has 1 aliphatic carbocycles. The van der Waals surface area contributed by atoms with E-state index >= 15 is 0 Å². The summed E-state index contributed by atoms with van der Waals surface area (Å²) >= 11 is 1.51. The summed E-state index contributed by atoms with van der Waals surface area (Å²) in [5, 5.41) is 5.17. The number of hydrogen-bond acceptors (Lipinski definition) is 3. The van der Waals surface area contributed by atoms with Gasteiger partial charge in [-0.1, -0.05) is 30.0 Å². The fourth-order valence-electron chi connectivity index (χ4n) is 2.54. The van der Waals surface area contributed by atoms with E-state index in [9.17, 15) is 4.79 Å². The fraction of sp³-hybridized carbons (Fsp3) is 0.412. The van der Waals surface area contributed by atoms with Crippen LogP contribution in [0.3, 0.4) is 0 Å². The van der Waals surface area contributed by atoms with Gasteiger partial charge < -0.3 is 5.32 Å². The first-order valence-corrected chi connectivity index (χ1v) is 8.40. The van der Waals surface area contributed by atoms with E-state index in [2.05, 4.69) is 36.3 Å². The molecule has 2 aromatic rings. The number of fused-ring (bicyclic) bond motifs is 1. The van der Waals surface area contributed by atoms with Crippen molar-refractivity contribution in [2.75, 3.05) is 5.75 Å². The number of para-hydroxylation sites is 1. The predicted octanol–water partition coefficient (Wildman–Crippen LogP) is 3.55. The van der Waals surface area contributed by atoms with Crippen molar-refractivity contribution in [3.63, 3.8) is 0 Å². The minimum Gasteiger partial charge on any atom is -0.353 e. The van der Waals surface area contributed by atoms with Crippen molar-refractivity contribution in [3.8, 4) is 0 Å². The number of carbonyl (C=O) groups excluding carboxylic acids is 1. The number of carbonyl (C=O) groups is 1. The molecular formula is C17H20N2OS. The first kappa shape index (κ1) is 14.4. The van der Waals surface area contributed by atoms with Crippen LogP contribution in [0.25, 0.3) is 10.9 Å². The summed E-state index contributed by atoms with van der Waals surface area (Å²) in [7, 11) is 0. The average molecular weight is 300 g/mol. The van der Waals surface area contributed by atoms with Gasteiger partial charge in [0.15, 0.2) is 0 Å². The normalized spacial score (nSPS) is 15.9. The zero-order valence-corrected chi connectivity index (χ0v) is 13.2. The van der Waals surface area contributed by atoms with Gasteiger partial charge in [-0.3, -0.25) is 4.79 Å². The third-order valence-corrected chi connectivity index (χ3v) is 4.88. The molecule has 3 rings (SSSR count). The maximum atomic E-state index is 11.9. The Hall–Kier alpha value is -1.55. The molecule has 1 amide bonds. The van der Waals surface area contributed by atoms with Crippen LogP contribution in [0.15, 0.2) is 35.4 Å². The third kappa shape index (κ3) is 3.56. The minimum absolute atomic E-state index is 0.104. The molecule has 0 aliphatic heterocycles. The van der Waals surface area contributed by atoms with Gasteiger partial charge >= 0.3 is 0 Å². The van der Waals surface area contributed by atoms with Crippen LogP contribution in [0.4, 0.5) is 0 Å². The van der Waals surface area contributed by atoms with Crippen molar-refractivity contribution in [2.45, 2.75) is 37.8 Å². The van der Waals surface area contributed by atoms with E-state index < -0.39 is 0 Å². The molecule has 0 unspecified atom stereocenters. The molecule has 0 spiro atoms. The number of amides is 1. The molecule has 1 atom stereocenters. The van der Waals surface area contributed by atoms with Crippen LogP contribution in [0.5, 0.6) is 0 Å². The number of nitrogens with one attached hydrogen (secondary N) is 1. The minimum atomic E-state index is 0.104. The van der Waals surface area contributed by atoms with Crippen molar-refractivity contribution < 1.29 is 4.79 Å². The molecule has 1 aromatic carbocycles. The number of aromatic nitrogens is 1. The Kier molecular flexibility index (Phi) is 4.15. The molecule has 0 saturated heterocycles. The van der Waals surface area contributed by atoms with Gasteiger partial charge in [0.05, 0.1) is 16.3 Å². The standard InChI is InChI=1S/C17H20N2OS/c1-11-9-17(19-15-6-4-3-5-14(11)15)21-10-16(20)18-12(2)13-7-8-13/h3-6,9,12-13H,7-8,10H2,1-2H3,(H,18,20)/t12-/m1/s1. The van der Waals surface area contributed by atoms with Crippen LogP contribution in [0.2, 0.25) is 0 Å². The van der Waals surface area contributed by atoms with Crippen LogP contribution >= 0.6 is 11.8 Å². The lowest BCUT2D eigenvalue weighted by atomic mass is 10.1. The summed E-state index contributed by atoms with van der Waals surface area (Å²) in [4.78, 5) is 16.6. The van der Waals surface area contributed by atoms with Gasteiger partial charge in [0.1, 0.15) is 0 Å². The number of rotatable bonds is 5. The number of thioether (sulfide) groups is 1. The first-order valence-electron chi connectivity index (χ1n) is 7.42. The van der Waals surface area contributed by atoms with Crippen molar-refractivity contribution in [3.05, 3.63) is 35.9 Å². The Bertz CT molecular complexity index is 667. The molecule has 0 radical (unpaired) electrons. The molecule has 1 heterocycles. The van der Waals surface area contributed by atoms with Crippen LogP contribution < -0.4 is 5.32 Å². The van der Waals surface area contributed by atoms with Crippen molar-refractivity contribution in [1.82, 2.24) is 10.3 Å². The predicted molar refractivity (Wildman–Crippen MR) is 87.5 cm³/mol. The number of pyridine rings is 1. The molecular weight excluding hydrogens is 280 g/mol. The molecule has 110 valence electrons. The van der Waals surface area contributed by atoms with Crippen molar-refractivity contribution in [2.24, 2.45) is 5.92 Å². The summed E-state index contributed by atoms with van der Waals surface area (Å²) < 4.78 is 0. The summed E-state index contributed by atoms with van der Waals surface area (Å²) in [5.74, 6) is 1.23. The summed E-state index contributed by atoms with van der Waals surface area (Å²) in [6, 6.07) is 10.5. The van der Waals surface area contributed by atoms with Crippen LogP contribution in [0.1, 0.15) is 25.3 Å². The maximum Gasteiger partial charge on any atom is 0.230 e. The lowest BCUT2D eigenvalue weighted by Gasteiger charge is -2.12. The molecule has 21 heavy (non-hydrogen) atoms. The Morgan fingerprint density at radius 2 is 2.19 bits per heavy atom. The highest BCUT2D eigenvalue weighted by Crippen LogP contribution is 2.32. The third-order valence-electron chi connectivity index (χ3n) is 3.97. The second kappa shape index (κ2) is 6.06. The van der Waals surface area contributed by atoms with Gasteiger partial charge in [0.25, 0.3) is 0 Å². The van der Waals surface area contributed by atoms with E-state index in [4.69, 9.17) is 0 Å². The van der Waals surface area contributed by atoms with Gasteiger partial charge in [-0.25, -0.2) is 4.98 Å². The highest BCUT2D eigenvalue weighted by molar-refractivity contribution is 7.99. The molecule has 1 aliphatic rings. The van der Waals surface area contributed by atoms with Crippen molar-refractivity contribution in [1.29, 1.82) is 0 Å². The van der Waals surface area contributed by atoms with Gasteiger partial charge in [0, 0.05) is 11.4 Å². The smallest absolute Gasteiger partial charge is 0.230 e. The van der Waals surface area contributed by atoms with E-state index in [0.717, 1.165) is 10.5 Å². The molecule has 1 fully saturated rings. The quantitative estimate of drug-likeness (QED) is 0.859. The Labute approximate surface area is 129 Å². The van der Waals surface area contributed by atoms with Crippen LogP contribution in [-0.2, 0) is 4.79 Å². The van der Waals surface area contributed by atoms with E-state index in [1.54, 1.807) is 0 Å². The zero-order chi connectivity index (χ0) is 14.8. The Morgan fingerprint density at radius 1 is 1.43 bits per heavy atom. The lowest BCUT2D eigenvalue weighted by molar-refractivity contribution is -0.119. The zero-order valence-electron chi connectivity index (χ0n) is 12.4. The van der Waals surface area contributed by atoms with E-state index in [1.165, 1.54) is 35.6 Å². The highest BCUT2D eigenvalue weighted by Gasteiger charge is 2.28. The van der Waals surface area contributed by atoms with Gasteiger partial charge in [-0.2, -0.15) is 0 Å². The molecule has 4 heteroatoms. The topological polar surface area (TPSA) is 42.0 Å². The number of hydrogen-bond donors (Lipinski definition) is 1. The van der Waals surface area contributed by atoms with Crippen molar-refractivity contribution >= 4 is 28.6 Å². The molecule has 0 bridgehead atoms.